The minimum atomic E-state index is -1.92. The van der Waals surface area contributed by atoms with Crippen LogP contribution in [0.4, 0.5) is 4.79 Å². The number of carbonyl (C=O) groups is 9. The van der Waals surface area contributed by atoms with Crippen LogP contribution in [0.25, 0.3) is 0 Å². The number of amides is 7. The minimum absolute atomic E-state index is 0.0398. The van der Waals surface area contributed by atoms with Crippen LogP contribution in [0.2, 0.25) is 0 Å². The van der Waals surface area contributed by atoms with Crippen LogP contribution in [-0.4, -0.2) is 124 Å². The lowest BCUT2D eigenvalue weighted by Crippen LogP contribution is -2.59. The number of hydrogen-bond donors (Lipinski definition) is 7. The highest BCUT2D eigenvalue weighted by atomic mass is 16.6. The lowest BCUT2D eigenvalue weighted by molar-refractivity contribution is -0.164. The van der Waals surface area contributed by atoms with Gasteiger partial charge in [0, 0.05) is 32.9 Å². The van der Waals surface area contributed by atoms with E-state index in [2.05, 4.69) is 26.7 Å². The van der Waals surface area contributed by atoms with Crippen LogP contribution in [-0.2, 0) is 54.4 Å². The molecule has 0 unspecified atom stereocenters. The fourth-order valence-corrected chi connectivity index (χ4v) is 6.64. The summed E-state index contributed by atoms with van der Waals surface area (Å²) < 4.78 is 11.7. The lowest BCUT2D eigenvalue weighted by Gasteiger charge is -2.33. The SMILES string of the molecule is CC[C@@H](C)[C@H](OC(=O)[C@@H](CC(=O)O)NC(=O)[C@H](CC(=O)O)NC(C)=O)C(=O)N[C@H](C(=O)N1C[C@H](OCc2ccccc2)C[C@@H]1C(=O)NN(C)C(=O)N[C@@H](C)c1ccccc1)C(C)C. The van der Waals surface area contributed by atoms with Crippen molar-refractivity contribution in [3.8, 4) is 0 Å². The van der Waals surface area contributed by atoms with Gasteiger partial charge in [-0.2, -0.15) is 0 Å². The molecule has 1 aliphatic heterocycles. The Balaban J connectivity index is 1.85. The first-order valence-electron chi connectivity index (χ1n) is 20.6. The van der Waals surface area contributed by atoms with Crippen LogP contribution < -0.4 is 26.7 Å². The Morgan fingerprint density at radius 2 is 1.38 bits per heavy atom. The quantitative estimate of drug-likeness (QED) is 0.0695. The monoisotopic (exact) mass is 881 g/mol. The smallest absolute Gasteiger partial charge is 0.336 e. The molecule has 1 saturated heterocycles. The van der Waals surface area contributed by atoms with E-state index in [1.165, 1.54) is 11.9 Å². The van der Waals surface area contributed by atoms with Gasteiger partial charge >= 0.3 is 23.9 Å². The third-order valence-corrected chi connectivity index (χ3v) is 10.3. The number of hydrazine groups is 1. The van der Waals surface area contributed by atoms with Crippen molar-refractivity contribution in [2.75, 3.05) is 13.6 Å². The number of urea groups is 1. The summed E-state index contributed by atoms with van der Waals surface area (Å²) in [5, 5.41) is 29.4. The topological polar surface area (TPSA) is 279 Å². The zero-order chi connectivity index (χ0) is 47.0. The molecule has 20 heteroatoms. The predicted octanol–water partition coefficient (Wildman–Crippen LogP) is 1.64. The number of carboxylic acids is 2. The Kier molecular flexibility index (Phi) is 19.5. The predicted molar refractivity (Wildman–Crippen MR) is 225 cm³/mol. The summed E-state index contributed by atoms with van der Waals surface area (Å²) in [4.78, 5) is 118. The molecule has 0 saturated carbocycles. The van der Waals surface area contributed by atoms with Crippen molar-refractivity contribution in [2.24, 2.45) is 11.8 Å². The number of aliphatic carboxylic acids is 2. The first-order chi connectivity index (χ1) is 29.7. The van der Waals surface area contributed by atoms with Gasteiger partial charge in [-0.1, -0.05) is 88.4 Å². The van der Waals surface area contributed by atoms with Gasteiger partial charge in [0.2, 0.25) is 17.7 Å². The van der Waals surface area contributed by atoms with Crippen molar-refractivity contribution in [1.82, 2.24) is 36.6 Å². The summed E-state index contributed by atoms with van der Waals surface area (Å²) in [7, 11) is 1.35. The van der Waals surface area contributed by atoms with Crippen molar-refractivity contribution < 1.29 is 62.8 Å². The van der Waals surface area contributed by atoms with Crippen molar-refractivity contribution in [3.05, 3.63) is 71.8 Å². The Hall–Kier alpha value is -6.57. The molecule has 0 aliphatic carbocycles. The molecule has 7 N–H and O–H groups in total. The molecule has 2 aromatic carbocycles. The molecule has 1 aliphatic rings. The van der Waals surface area contributed by atoms with Gasteiger partial charge in [0.1, 0.15) is 24.2 Å². The van der Waals surface area contributed by atoms with Gasteiger partial charge in [0.15, 0.2) is 6.10 Å². The number of carbonyl (C=O) groups excluding carboxylic acids is 7. The molecule has 1 fully saturated rings. The number of carboxylic acid groups (broad SMARTS) is 2. The van der Waals surface area contributed by atoms with E-state index in [9.17, 15) is 53.4 Å². The molecule has 8 atom stereocenters. The molecule has 0 spiro atoms. The van der Waals surface area contributed by atoms with Crippen LogP contribution in [0.15, 0.2) is 60.7 Å². The number of likely N-dealkylation sites (tertiary alicyclic amines) is 1. The highest BCUT2D eigenvalue weighted by Crippen LogP contribution is 2.25. The number of nitrogens with zero attached hydrogens (tertiary/aromatic N) is 2. The van der Waals surface area contributed by atoms with E-state index in [-0.39, 0.29) is 26.0 Å². The molecule has 3 rings (SSSR count). The van der Waals surface area contributed by atoms with Gasteiger partial charge in [-0.25, -0.2) is 14.6 Å². The zero-order valence-corrected chi connectivity index (χ0v) is 36.5. The fourth-order valence-electron chi connectivity index (χ4n) is 6.64. The third-order valence-electron chi connectivity index (χ3n) is 10.3. The van der Waals surface area contributed by atoms with Crippen LogP contribution in [0, 0.1) is 11.8 Å². The summed E-state index contributed by atoms with van der Waals surface area (Å²) >= 11 is 0. The summed E-state index contributed by atoms with van der Waals surface area (Å²) in [6.07, 6.45) is -3.88. The molecule has 63 heavy (non-hydrogen) atoms. The second-order valence-corrected chi connectivity index (χ2v) is 15.8. The lowest BCUT2D eigenvalue weighted by atomic mass is 9.98. The fraction of sp³-hybridized carbons (Fsp3) is 0.512. The van der Waals surface area contributed by atoms with Crippen LogP contribution in [0.5, 0.6) is 0 Å². The molecule has 344 valence electrons. The van der Waals surface area contributed by atoms with E-state index in [0.717, 1.165) is 23.1 Å². The zero-order valence-electron chi connectivity index (χ0n) is 36.5. The number of benzene rings is 2. The Bertz CT molecular complexity index is 1920. The highest BCUT2D eigenvalue weighted by Gasteiger charge is 2.45. The number of nitrogens with one attached hydrogen (secondary N) is 5. The first-order valence-corrected chi connectivity index (χ1v) is 20.6. The average Bonchev–Trinajstić information content (AvgIpc) is 3.67. The summed E-state index contributed by atoms with van der Waals surface area (Å²) in [6, 6.07) is 11.4. The molecule has 0 bridgehead atoms. The maximum atomic E-state index is 14.5. The van der Waals surface area contributed by atoms with E-state index in [1.807, 2.05) is 60.7 Å². The Morgan fingerprint density at radius 1 is 0.794 bits per heavy atom. The standard InChI is InChI=1S/C43H59N7O13/c1-8-25(4)37(63-42(60)32(21-35(54)55)46-38(56)31(20-34(52)53)45-27(6)51)40(58)47-36(24(2)3)41(59)50-22-30(62-23-28-15-11-9-12-16-28)19-33(50)39(57)48-49(7)43(61)44-26(5)29-17-13-10-14-18-29/h9-18,24-26,30-33,36-37H,8,19-23H2,1-7H3,(H,44,61)(H,45,51)(H,46,56)(H,47,58)(H,48,57)(H,52,53)(H,54,55)/t25-,26+,30-,31+,32-,33-,36+,37+/m1/s1. The van der Waals surface area contributed by atoms with Crippen LogP contribution in [0.1, 0.15) is 84.4 Å². The molecular formula is C43H59N7O13. The minimum Gasteiger partial charge on any atom is -0.481 e. The number of esters is 1. The molecule has 0 radical (unpaired) electrons. The number of ether oxygens (including phenoxy) is 2. The molecule has 1 heterocycles. The molecule has 2 aromatic rings. The Morgan fingerprint density at radius 3 is 1.94 bits per heavy atom. The number of rotatable bonds is 21. The van der Waals surface area contributed by atoms with Gasteiger partial charge in [0.05, 0.1) is 31.6 Å². The van der Waals surface area contributed by atoms with Crippen LogP contribution in [0.3, 0.4) is 0 Å². The van der Waals surface area contributed by atoms with E-state index in [1.54, 1.807) is 34.6 Å². The van der Waals surface area contributed by atoms with Gasteiger partial charge in [-0.3, -0.25) is 39.0 Å². The summed E-state index contributed by atoms with van der Waals surface area (Å²) in [5.41, 5.74) is 4.24. The van der Waals surface area contributed by atoms with E-state index in [4.69, 9.17) is 9.47 Å². The highest BCUT2D eigenvalue weighted by molar-refractivity contribution is 5.96. The second-order valence-electron chi connectivity index (χ2n) is 15.8. The molecular weight excluding hydrogens is 823 g/mol. The van der Waals surface area contributed by atoms with Crippen molar-refractivity contribution in [2.45, 2.75) is 116 Å². The largest absolute Gasteiger partial charge is 0.481 e. The van der Waals surface area contributed by atoms with Gasteiger partial charge in [0.25, 0.3) is 11.8 Å². The third kappa shape index (κ3) is 15.7. The van der Waals surface area contributed by atoms with Crippen molar-refractivity contribution >= 4 is 53.5 Å². The normalized spacial score (nSPS) is 17.4. The van der Waals surface area contributed by atoms with E-state index < -0.39 is 121 Å². The number of hydrogen-bond acceptors (Lipinski definition) is 11. The van der Waals surface area contributed by atoms with Gasteiger partial charge in [-0.05, 0) is 30.4 Å². The molecule has 0 aromatic heterocycles. The summed E-state index contributed by atoms with van der Waals surface area (Å²) in [5.74, 6) is -9.96. The maximum Gasteiger partial charge on any atom is 0.336 e. The molecule has 20 nitrogen and oxygen atoms in total. The van der Waals surface area contributed by atoms with Crippen molar-refractivity contribution in [1.29, 1.82) is 0 Å². The Labute approximate surface area is 365 Å². The second kappa shape index (κ2) is 24.2. The van der Waals surface area contributed by atoms with Gasteiger partial charge < -0.3 is 45.9 Å². The van der Waals surface area contributed by atoms with Crippen LogP contribution >= 0.6 is 0 Å². The first kappa shape index (κ1) is 50.8. The van der Waals surface area contributed by atoms with E-state index in [0.29, 0.717) is 0 Å². The van der Waals surface area contributed by atoms with Gasteiger partial charge in [-0.15, -0.1) is 0 Å². The molecule has 7 amide bonds. The summed E-state index contributed by atoms with van der Waals surface area (Å²) in [6.45, 7) is 9.47. The maximum absolute atomic E-state index is 14.5. The van der Waals surface area contributed by atoms with Crippen molar-refractivity contribution in [3.63, 3.8) is 0 Å². The van der Waals surface area contributed by atoms with E-state index >= 15 is 0 Å². The average molecular weight is 882 g/mol.